The summed E-state index contributed by atoms with van der Waals surface area (Å²) in [5.41, 5.74) is 6.83. The molecule has 0 spiro atoms. The number of nitrogens with two attached hydrogens (primary N) is 1. The Morgan fingerprint density at radius 1 is 1.47 bits per heavy atom. The van der Waals surface area contributed by atoms with Gasteiger partial charge < -0.3 is 11.1 Å². The van der Waals surface area contributed by atoms with Crippen LogP contribution in [0.15, 0.2) is 16.9 Å². The molecule has 4 N–H and O–H groups in total. The Balaban J connectivity index is 2.16. The van der Waals surface area contributed by atoms with Gasteiger partial charge in [-0.25, -0.2) is 0 Å². The van der Waals surface area contributed by atoms with Crippen molar-refractivity contribution in [2.45, 2.75) is 18.9 Å². The summed E-state index contributed by atoms with van der Waals surface area (Å²) in [5.74, 6) is -0.570. The number of piperidine rings is 1. The molecule has 0 bridgehead atoms. The molecule has 1 aromatic heterocycles. The maximum atomic E-state index is 11.6. The minimum atomic E-state index is -0.450. The first-order chi connectivity index (χ1) is 8.08. The van der Waals surface area contributed by atoms with Crippen molar-refractivity contribution < 1.29 is 9.59 Å². The lowest BCUT2D eigenvalue weighted by Crippen LogP contribution is -2.47. The number of anilines is 2. The number of aromatic nitrogens is 1. The summed E-state index contributed by atoms with van der Waals surface area (Å²) in [5, 5.41) is 5.29. The molecule has 2 amide bonds. The fourth-order valence-corrected chi connectivity index (χ4v) is 2.07. The molecule has 90 valence electrons. The van der Waals surface area contributed by atoms with E-state index < -0.39 is 6.04 Å². The average Bonchev–Trinajstić information content (AvgIpc) is 2.26. The van der Waals surface area contributed by atoms with Gasteiger partial charge in [0.25, 0.3) is 0 Å². The van der Waals surface area contributed by atoms with Crippen LogP contribution in [0.2, 0.25) is 0 Å². The molecule has 2 rings (SSSR count). The second-order valence-electron chi connectivity index (χ2n) is 3.73. The minimum Gasteiger partial charge on any atom is -0.396 e. The summed E-state index contributed by atoms with van der Waals surface area (Å²) < 4.78 is 0.683. The molecule has 1 saturated heterocycles. The molecule has 7 heteroatoms. The van der Waals surface area contributed by atoms with Gasteiger partial charge >= 0.3 is 0 Å². The fraction of sp³-hybridized carbons (Fsp3) is 0.300. The molecule has 0 radical (unpaired) electrons. The van der Waals surface area contributed by atoms with E-state index in [2.05, 4.69) is 31.5 Å². The molecule has 1 fully saturated rings. The highest BCUT2D eigenvalue weighted by atomic mass is 79.9. The number of amides is 2. The van der Waals surface area contributed by atoms with Crippen LogP contribution in [0.3, 0.4) is 0 Å². The first-order valence-electron chi connectivity index (χ1n) is 5.07. The SMILES string of the molecule is Nc1cncc(Br)c1NC1CCC(=O)NC1=O. The van der Waals surface area contributed by atoms with Crippen molar-refractivity contribution in [3.8, 4) is 0 Å². The van der Waals surface area contributed by atoms with E-state index in [1.165, 1.54) is 6.20 Å². The van der Waals surface area contributed by atoms with Gasteiger partial charge in [0.15, 0.2) is 0 Å². The second-order valence-corrected chi connectivity index (χ2v) is 4.59. The summed E-state index contributed by atoms with van der Waals surface area (Å²) >= 11 is 3.30. The minimum absolute atomic E-state index is 0.241. The van der Waals surface area contributed by atoms with Gasteiger partial charge in [0.1, 0.15) is 6.04 Å². The van der Waals surface area contributed by atoms with Crippen LogP contribution < -0.4 is 16.4 Å². The van der Waals surface area contributed by atoms with Crippen LogP contribution in [0, 0.1) is 0 Å². The third-order valence-electron chi connectivity index (χ3n) is 2.49. The highest BCUT2D eigenvalue weighted by Crippen LogP contribution is 2.28. The van der Waals surface area contributed by atoms with E-state index in [1.807, 2.05) is 0 Å². The first-order valence-corrected chi connectivity index (χ1v) is 5.86. The number of carbonyl (C=O) groups excluding carboxylic acids is 2. The molecule has 1 unspecified atom stereocenters. The van der Waals surface area contributed by atoms with Gasteiger partial charge in [-0.05, 0) is 22.4 Å². The van der Waals surface area contributed by atoms with Crippen LogP contribution in [0.25, 0.3) is 0 Å². The molecular weight excluding hydrogens is 288 g/mol. The molecule has 0 aliphatic carbocycles. The number of nitrogen functional groups attached to an aromatic ring is 1. The number of imide groups is 1. The molecular formula is C10H11BrN4O2. The van der Waals surface area contributed by atoms with Crippen LogP contribution in [-0.2, 0) is 9.59 Å². The van der Waals surface area contributed by atoms with Gasteiger partial charge in [-0.3, -0.25) is 19.9 Å². The van der Waals surface area contributed by atoms with Crippen molar-refractivity contribution in [2.75, 3.05) is 11.1 Å². The van der Waals surface area contributed by atoms with E-state index in [-0.39, 0.29) is 11.8 Å². The maximum Gasteiger partial charge on any atom is 0.249 e. The Bertz CT molecular complexity index is 457. The van der Waals surface area contributed by atoms with Crippen molar-refractivity contribution >= 4 is 39.1 Å². The smallest absolute Gasteiger partial charge is 0.249 e. The number of pyridine rings is 1. The normalized spacial score (nSPS) is 19.9. The van der Waals surface area contributed by atoms with E-state index in [4.69, 9.17) is 5.73 Å². The Morgan fingerprint density at radius 3 is 2.88 bits per heavy atom. The van der Waals surface area contributed by atoms with Gasteiger partial charge in [-0.1, -0.05) is 0 Å². The van der Waals surface area contributed by atoms with Gasteiger partial charge in [0.2, 0.25) is 11.8 Å². The zero-order valence-corrected chi connectivity index (χ0v) is 10.5. The summed E-state index contributed by atoms with van der Waals surface area (Å²) in [6.07, 6.45) is 3.87. The molecule has 1 aliphatic rings. The average molecular weight is 299 g/mol. The Morgan fingerprint density at radius 2 is 2.24 bits per heavy atom. The van der Waals surface area contributed by atoms with Crippen molar-refractivity contribution in [2.24, 2.45) is 0 Å². The lowest BCUT2D eigenvalue weighted by molar-refractivity contribution is -0.133. The standard InChI is InChI=1S/C10H11BrN4O2/c11-5-3-13-4-6(12)9(5)14-7-1-2-8(16)15-10(7)17/h3-4,7H,1-2,12H2,(H,13,14)(H,15,16,17). The Labute approximate surface area is 106 Å². The number of hydrogen-bond acceptors (Lipinski definition) is 5. The van der Waals surface area contributed by atoms with Crippen molar-refractivity contribution in [1.82, 2.24) is 10.3 Å². The zero-order chi connectivity index (χ0) is 12.4. The van der Waals surface area contributed by atoms with Crippen LogP contribution in [0.5, 0.6) is 0 Å². The van der Waals surface area contributed by atoms with E-state index in [1.54, 1.807) is 6.20 Å². The van der Waals surface area contributed by atoms with Crippen molar-refractivity contribution in [3.63, 3.8) is 0 Å². The molecule has 2 heterocycles. The van der Waals surface area contributed by atoms with Crippen molar-refractivity contribution in [1.29, 1.82) is 0 Å². The molecule has 1 aromatic rings. The molecule has 1 aliphatic heterocycles. The number of halogens is 1. The first kappa shape index (κ1) is 11.8. The highest BCUT2D eigenvalue weighted by Gasteiger charge is 2.27. The van der Waals surface area contributed by atoms with Gasteiger partial charge in [0, 0.05) is 12.6 Å². The zero-order valence-electron chi connectivity index (χ0n) is 8.87. The lowest BCUT2D eigenvalue weighted by atomic mass is 10.1. The summed E-state index contributed by atoms with van der Waals surface area (Å²) in [7, 11) is 0. The fourth-order valence-electron chi connectivity index (χ4n) is 1.61. The second kappa shape index (κ2) is 4.70. The predicted octanol–water partition coefficient (Wildman–Crippen LogP) is 0.643. The summed E-state index contributed by atoms with van der Waals surface area (Å²) in [6, 6.07) is -0.450. The van der Waals surface area contributed by atoms with E-state index >= 15 is 0 Å². The monoisotopic (exact) mass is 298 g/mol. The lowest BCUT2D eigenvalue weighted by Gasteiger charge is -2.23. The van der Waals surface area contributed by atoms with E-state index in [0.717, 1.165) is 0 Å². The number of nitrogens with one attached hydrogen (secondary N) is 2. The van der Waals surface area contributed by atoms with E-state index in [9.17, 15) is 9.59 Å². The molecule has 0 aromatic carbocycles. The van der Waals surface area contributed by atoms with Crippen LogP contribution in [0.1, 0.15) is 12.8 Å². The predicted molar refractivity (Wildman–Crippen MR) is 66.1 cm³/mol. The highest BCUT2D eigenvalue weighted by molar-refractivity contribution is 9.10. The van der Waals surface area contributed by atoms with Crippen LogP contribution >= 0.6 is 15.9 Å². The van der Waals surface area contributed by atoms with Gasteiger partial charge in [-0.15, -0.1) is 0 Å². The quantitative estimate of drug-likeness (QED) is 0.696. The molecule has 6 nitrogen and oxygen atoms in total. The van der Waals surface area contributed by atoms with Gasteiger partial charge in [0.05, 0.1) is 22.0 Å². The maximum absolute atomic E-state index is 11.6. The summed E-state index contributed by atoms with van der Waals surface area (Å²) in [6.45, 7) is 0. The topological polar surface area (TPSA) is 97.1 Å². The Kier molecular flexibility index (Phi) is 3.28. The molecule has 0 saturated carbocycles. The molecule has 17 heavy (non-hydrogen) atoms. The van der Waals surface area contributed by atoms with Gasteiger partial charge in [-0.2, -0.15) is 0 Å². The summed E-state index contributed by atoms with van der Waals surface area (Å²) in [4.78, 5) is 26.5. The third-order valence-corrected chi connectivity index (χ3v) is 3.09. The Hall–Kier alpha value is -1.63. The van der Waals surface area contributed by atoms with Crippen molar-refractivity contribution in [3.05, 3.63) is 16.9 Å². The number of hydrogen-bond donors (Lipinski definition) is 3. The molecule has 1 atom stereocenters. The number of nitrogens with zero attached hydrogens (tertiary/aromatic N) is 1. The number of rotatable bonds is 2. The largest absolute Gasteiger partial charge is 0.396 e. The third kappa shape index (κ3) is 2.55. The van der Waals surface area contributed by atoms with E-state index in [0.29, 0.717) is 28.7 Å². The van der Waals surface area contributed by atoms with Crippen LogP contribution in [-0.4, -0.2) is 22.8 Å². The van der Waals surface area contributed by atoms with Crippen LogP contribution in [0.4, 0.5) is 11.4 Å². The number of carbonyl (C=O) groups is 2.